The smallest absolute Gasteiger partial charge is 0.246 e. The van der Waals surface area contributed by atoms with Crippen molar-refractivity contribution < 1.29 is 9.53 Å². The molecule has 1 aliphatic rings. The molecule has 2 atom stereocenters. The maximum Gasteiger partial charge on any atom is 0.246 e. The lowest BCUT2D eigenvalue weighted by atomic mass is 10.00. The topological polar surface area (TPSA) is 50.4 Å². The minimum absolute atomic E-state index is 0.0347. The van der Waals surface area contributed by atoms with Crippen LogP contribution in [-0.4, -0.2) is 38.3 Å². The van der Waals surface area contributed by atoms with E-state index < -0.39 is 0 Å². The molecule has 0 saturated carbocycles. The number of rotatable bonds is 4. The number of hydrogen-bond donors (Lipinski definition) is 2. The van der Waals surface area contributed by atoms with Crippen molar-refractivity contribution in [3.8, 4) is 0 Å². The average molecular weight is 200 g/mol. The standard InChI is InChI=1S/C10H20N2O2/c1-8-4-3-5-9(12-8)6-11-10(13)7-14-2/h8-9,12H,3-7H2,1-2H3,(H,11,13). The summed E-state index contributed by atoms with van der Waals surface area (Å²) in [6.07, 6.45) is 3.64. The molecule has 2 N–H and O–H groups in total. The van der Waals surface area contributed by atoms with Gasteiger partial charge >= 0.3 is 0 Å². The van der Waals surface area contributed by atoms with E-state index in [1.54, 1.807) is 0 Å². The fraction of sp³-hybridized carbons (Fsp3) is 0.900. The minimum Gasteiger partial charge on any atom is -0.375 e. The molecule has 4 heteroatoms. The molecule has 4 nitrogen and oxygen atoms in total. The molecule has 0 aromatic carbocycles. The van der Waals surface area contributed by atoms with E-state index in [1.165, 1.54) is 20.0 Å². The van der Waals surface area contributed by atoms with Gasteiger partial charge in [-0.05, 0) is 19.8 Å². The van der Waals surface area contributed by atoms with Crippen LogP contribution in [0.3, 0.4) is 0 Å². The number of methoxy groups -OCH3 is 1. The Hall–Kier alpha value is -0.610. The van der Waals surface area contributed by atoms with Gasteiger partial charge in [-0.1, -0.05) is 6.42 Å². The van der Waals surface area contributed by atoms with Crippen LogP contribution in [0.25, 0.3) is 0 Å². The van der Waals surface area contributed by atoms with E-state index in [1.807, 2.05) is 0 Å². The Kier molecular flexibility index (Phi) is 4.90. The lowest BCUT2D eigenvalue weighted by molar-refractivity contribution is -0.124. The first-order valence-corrected chi connectivity index (χ1v) is 5.24. The highest BCUT2D eigenvalue weighted by atomic mass is 16.5. The summed E-state index contributed by atoms with van der Waals surface area (Å²) in [6, 6.07) is 1.01. The van der Waals surface area contributed by atoms with Gasteiger partial charge in [-0.3, -0.25) is 4.79 Å². The monoisotopic (exact) mass is 200 g/mol. The van der Waals surface area contributed by atoms with Crippen LogP contribution in [0.2, 0.25) is 0 Å². The van der Waals surface area contributed by atoms with Gasteiger partial charge in [-0.2, -0.15) is 0 Å². The van der Waals surface area contributed by atoms with Crippen molar-refractivity contribution in [1.82, 2.24) is 10.6 Å². The van der Waals surface area contributed by atoms with Crippen molar-refractivity contribution in [2.45, 2.75) is 38.3 Å². The average Bonchev–Trinajstić information content (AvgIpc) is 2.15. The number of carbonyl (C=O) groups excluding carboxylic acids is 1. The zero-order valence-electron chi connectivity index (χ0n) is 9.01. The van der Waals surface area contributed by atoms with Crippen molar-refractivity contribution in [3.63, 3.8) is 0 Å². The maximum absolute atomic E-state index is 11.1. The highest BCUT2D eigenvalue weighted by Crippen LogP contribution is 2.11. The zero-order chi connectivity index (χ0) is 10.4. The third-order valence-corrected chi connectivity index (χ3v) is 2.53. The highest BCUT2D eigenvalue weighted by molar-refractivity contribution is 5.77. The Labute approximate surface area is 85.4 Å². The molecule has 14 heavy (non-hydrogen) atoms. The molecule has 0 aromatic heterocycles. The quantitative estimate of drug-likeness (QED) is 0.685. The molecule has 0 bridgehead atoms. The van der Waals surface area contributed by atoms with E-state index in [-0.39, 0.29) is 12.5 Å². The molecule has 2 unspecified atom stereocenters. The van der Waals surface area contributed by atoms with Crippen molar-refractivity contribution in [2.75, 3.05) is 20.3 Å². The summed E-state index contributed by atoms with van der Waals surface area (Å²) in [4.78, 5) is 11.1. The summed E-state index contributed by atoms with van der Waals surface area (Å²) in [7, 11) is 1.53. The molecule has 1 fully saturated rings. The number of nitrogens with one attached hydrogen (secondary N) is 2. The first-order valence-electron chi connectivity index (χ1n) is 5.24. The van der Waals surface area contributed by atoms with Crippen LogP contribution in [-0.2, 0) is 9.53 Å². The van der Waals surface area contributed by atoms with Crippen molar-refractivity contribution in [1.29, 1.82) is 0 Å². The van der Waals surface area contributed by atoms with E-state index in [9.17, 15) is 4.79 Å². The van der Waals surface area contributed by atoms with Gasteiger partial charge in [0.2, 0.25) is 5.91 Å². The lowest BCUT2D eigenvalue weighted by Gasteiger charge is -2.28. The molecule has 1 aliphatic heterocycles. The minimum atomic E-state index is -0.0347. The SMILES string of the molecule is COCC(=O)NCC1CCCC(C)N1. The lowest BCUT2D eigenvalue weighted by Crippen LogP contribution is -2.47. The number of carbonyl (C=O) groups is 1. The Bertz CT molecular complexity index is 185. The third kappa shape index (κ3) is 4.07. The second-order valence-electron chi connectivity index (χ2n) is 3.93. The Balaban J connectivity index is 2.14. The van der Waals surface area contributed by atoms with Gasteiger partial charge in [-0.25, -0.2) is 0 Å². The van der Waals surface area contributed by atoms with Gasteiger partial charge in [0.1, 0.15) is 6.61 Å². The van der Waals surface area contributed by atoms with Crippen LogP contribution in [0.5, 0.6) is 0 Å². The van der Waals surface area contributed by atoms with Gasteiger partial charge in [0, 0.05) is 25.7 Å². The van der Waals surface area contributed by atoms with Gasteiger partial charge in [0.25, 0.3) is 0 Å². The van der Waals surface area contributed by atoms with Crippen molar-refractivity contribution >= 4 is 5.91 Å². The Morgan fingerprint density at radius 3 is 3.00 bits per heavy atom. The Morgan fingerprint density at radius 2 is 2.36 bits per heavy atom. The molecule has 0 radical (unpaired) electrons. The van der Waals surface area contributed by atoms with Crippen LogP contribution in [0.1, 0.15) is 26.2 Å². The van der Waals surface area contributed by atoms with Gasteiger partial charge in [0.05, 0.1) is 0 Å². The molecule has 0 spiro atoms. The molecule has 1 saturated heterocycles. The van der Waals surface area contributed by atoms with E-state index in [0.29, 0.717) is 18.6 Å². The zero-order valence-corrected chi connectivity index (χ0v) is 9.01. The van der Waals surface area contributed by atoms with Gasteiger partial charge < -0.3 is 15.4 Å². The summed E-state index contributed by atoms with van der Waals surface area (Å²) in [5, 5.41) is 6.31. The van der Waals surface area contributed by atoms with Crippen molar-refractivity contribution in [3.05, 3.63) is 0 Å². The second-order valence-corrected chi connectivity index (χ2v) is 3.93. The fourth-order valence-electron chi connectivity index (χ4n) is 1.82. The highest BCUT2D eigenvalue weighted by Gasteiger charge is 2.17. The van der Waals surface area contributed by atoms with E-state index in [2.05, 4.69) is 17.6 Å². The maximum atomic E-state index is 11.1. The third-order valence-electron chi connectivity index (χ3n) is 2.53. The van der Waals surface area contributed by atoms with Crippen LogP contribution >= 0.6 is 0 Å². The van der Waals surface area contributed by atoms with Crippen molar-refractivity contribution in [2.24, 2.45) is 0 Å². The number of hydrogen-bond acceptors (Lipinski definition) is 3. The van der Waals surface area contributed by atoms with E-state index in [0.717, 1.165) is 6.42 Å². The summed E-state index contributed by atoms with van der Waals surface area (Å²) in [6.45, 7) is 3.05. The summed E-state index contributed by atoms with van der Waals surface area (Å²) < 4.78 is 4.73. The second kappa shape index (κ2) is 5.98. The van der Waals surface area contributed by atoms with Crippen LogP contribution in [0.15, 0.2) is 0 Å². The van der Waals surface area contributed by atoms with Crippen LogP contribution in [0, 0.1) is 0 Å². The summed E-state index contributed by atoms with van der Waals surface area (Å²) in [5.41, 5.74) is 0. The molecular formula is C10H20N2O2. The molecule has 1 heterocycles. The van der Waals surface area contributed by atoms with Gasteiger partial charge in [0.15, 0.2) is 0 Å². The number of piperidine rings is 1. The van der Waals surface area contributed by atoms with Gasteiger partial charge in [-0.15, -0.1) is 0 Å². The molecule has 1 rings (SSSR count). The molecule has 0 aromatic rings. The molecular weight excluding hydrogens is 180 g/mol. The van der Waals surface area contributed by atoms with E-state index in [4.69, 9.17) is 4.74 Å². The predicted octanol–water partition coefficient (Wildman–Crippen LogP) is 0.280. The molecule has 1 amide bonds. The normalized spacial score (nSPS) is 27.3. The van der Waals surface area contributed by atoms with E-state index >= 15 is 0 Å². The largest absolute Gasteiger partial charge is 0.375 e. The summed E-state index contributed by atoms with van der Waals surface area (Å²) >= 11 is 0. The number of ether oxygens (including phenoxy) is 1. The Morgan fingerprint density at radius 1 is 1.57 bits per heavy atom. The van der Waals surface area contributed by atoms with Crippen LogP contribution in [0.4, 0.5) is 0 Å². The first-order chi connectivity index (χ1) is 6.72. The summed E-state index contributed by atoms with van der Waals surface area (Å²) in [5.74, 6) is -0.0347. The fourth-order valence-corrected chi connectivity index (χ4v) is 1.82. The number of amides is 1. The molecule has 0 aliphatic carbocycles. The predicted molar refractivity (Wildman–Crippen MR) is 55.1 cm³/mol. The first kappa shape index (κ1) is 11.5. The van der Waals surface area contributed by atoms with Crippen LogP contribution < -0.4 is 10.6 Å². The molecule has 82 valence electrons.